The zero-order chi connectivity index (χ0) is 17.3. The van der Waals surface area contributed by atoms with Crippen molar-refractivity contribution in [2.75, 3.05) is 0 Å². The lowest BCUT2D eigenvalue weighted by molar-refractivity contribution is 0.292. The molecule has 1 aromatic heterocycles. The molecule has 0 spiro atoms. The lowest BCUT2D eigenvalue weighted by Crippen LogP contribution is -2.39. The quantitative estimate of drug-likeness (QED) is 0.749. The van der Waals surface area contributed by atoms with E-state index in [4.69, 9.17) is 33.9 Å². The monoisotopic (exact) mass is 381 g/mol. The van der Waals surface area contributed by atoms with Gasteiger partial charge < -0.3 is 5.73 Å². The van der Waals surface area contributed by atoms with E-state index in [1.165, 1.54) is 11.8 Å². The lowest BCUT2D eigenvalue weighted by atomic mass is 9.77. The first kappa shape index (κ1) is 18.0. The highest BCUT2D eigenvalue weighted by atomic mass is 35.5. The molecule has 2 N–H and O–H groups in total. The Morgan fingerprint density at radius 1 is 1.25 bits per heavy atom. The lowest BCUT2D eigenvalue weighted by Gasteiger charge is -2.33. The number of benzene rings is 1. The highest BCUT2D eigenvalue weighted by Gasteiger charge is 2.29. The summed E-state index contributed by atoms with van der Waals surface area (Å²) in [5.74, 6) is 0.460. The molecule has 0 atom stereocenters. The van der Waals surface area contributed by atoms with E-state index in [-0.39, 0.29) is 5.54 Å². The number of nitrogens with two attached hydrogens (primary N) is 1. The molecule has 3 nitrogen and oxygen atoms in total. The third kappa shape index (κ3) is 4.05. The number of aromatic nitrogens is 2. The van der Waals surface area contributed by atoms with Gasteiger partial charge in [0.15, 0.2) is 0 Å². The Kier molecular flexibility index (Phi) is 5.40. The molecule has 0 saturated heterocycles. The van der Waals surface area contributed by atoms with Gasteiger partial charge in [-0.25, -0.2) is 4.98 Å². The molecule has 0 unspecified atom stereocenters. The molecule has 3 rings (SSSR count). The summed E-state index contributed by atoms with van der Waals surface area (Å²) in [6.45, 7) is 4.13. The van der Waals surface area contributed by atoms with Gasteiger partial charge in [-0.2, -0.15) is 0 Å². The van der Waals surface area contributed by atoms with E-state index in [1.807, 2.05) is 25.3 Å². The van der Waals surface area contributed by atoms with Crippen LogP contribution in [0.4, 0.5) is 0 Å². The fourth-order valence-corrected chi connectivity index (χ4v) is 4.35. The van der Waals surface area contributed by atoms with Gasteiger partial charge in [0.25, 0.3) is 0 Å². The van der Waals surface area contributed by atoms with E-state index in [0.29, 0.717) is 16.0 Å². The second kappa shape index (κ2) is 7.20. The van der Waals surface area contributed by atoms with E-state index >= 15 is 0 Å². The van der Waals surface area contributed by atoms with E-state index in [9.17, 15) is 0 Å². The van der Waals surface area contributed by atoms with Crippen molar-refractivity contribution < 1.29 is 0 Å². The van der Waals surface area contributed by atoms with Crippen molar-refractivity contribution in [2.24, 2.45) is 5.73 Å². The van der Waals surface area contributed by atoms with Crippen LogP contribution in [0.15, 0.2) is 34.3 Å². The summed E-state index contributed by atoms with van der Waals surface area (Å²) in [5.41, 5.74) is 8.19. The Morgan fingerprint density at radius 2 is 1.96 bits per heavy atom. The molecule has 1 aliphatic rings. The number of nitrogens with zero attached hydrogens (tertiary/aromatic N) is 2. The molecule has 1 aromatic carbocycles. The third-order valence-electron chi connectivity index (χ3n) is 4.59. The zero-order valence-corrected chi connectivity index (χ0v) is 16.2. The van der Waals surface area contributed by atoms with Gasteiger partial charge >= 0.3 is 0 Å². The van der Waals surface area contributed by atoms with Crippen molar-refractivity contribution in [3.8, 4) is 0 Å². The molecule has 1 heterocycles. The summed E-state index contributed by atoms with van der Waals surface area (Å²) in [7, 11) is 0. The van der Waals surface area contributed by atoms with Crippen LogP contribution in [0.25, 0.3) is 0 Å². The third-order valence-corrected chi connectivity index (χ3v) is 6.67. The molecule has 0 radical (unpaired) electrons. The minimum Gasteiger partial charge on any atom is -0.325 e. The SMILES string of the molecule is Cc1nc(C2CCC(C)(N)CC2)cnc1Sc1cccc(Cl)c1Cl. The first-order valence-electron chi connectivity index (χ1n) is 8.10. The number of hydrogen-bond donors (Lipinski definition) is 1. The smallest absolute Gasteiger partial charge is 0.122 e. The maximum Gasteiger partial charge on any atom is 0.122 e. The van der Waals surface area contributed by atoms with Gasteiger partial charge in [0, 0.05) is 16.4 Å². The molecule has 128 valence electrons. The predicted octanol–water partition coefficient (Wildman–Crippen LogP) is 5.62. The van der Waals surface area contributed by atoms with Crippen LogP contribution in [0.1, 0.15) is 49.9 Å². The van der Waals surface area contributed by atoms with Gasteiger partial charge in [0.2, 0.25) is 0 Å². The molecule has 6 heteroatoms. The standard InChI is InChI=1S/C18H21Cl2N3S/c1-11-17(24-15-5-3-4-13(19)16(15)20)22-10-14(23-11)12-6-8-18(2,21)9-7-12/h3-5,10,12H,6-9,21H2,1-2H3. The molecular weight excluding hydrogens is 361 g/mol. The summed E-state index contributed by atoms with van der Waals surface area (Å²) < 4.78 is 0. The topological polar surface area (TPSA) is 51.8 Å². The predicted molar refractivity (Wildman–Crippen MR) is 101 cm³/mol. The van der Waals surface area contributed by atoms with Crippen LogP contribution >= 0.6 is 35.0 Å². The summed E-state index contributed by atoms with van der Waals surface area (Å²) in [5, 5.41) is 1.97. The van der Waals surface area contributed by atoms with Crippen molar-refractivity contribution in [3.05, 3.63) is 45.8 Å². The van der Waals surface area contributed by atoms with Crippen molar-refractivity contribution in [1.82, 2.24) is 9.97 Å². The van der Waals surface area contributed by atoms with Crippen molar-refractivity contribution in [2.45, 2.75) is 60.9 Å². The average Bonchev–Trinajstić information content (AvgIpc) is 2.53. The average molecular weight is 382 g/mol. The van der Waals surface area contributed by atoms with Crippen LogP contribution in [-0.4, -0.2) is 15.5 Å². The molecule has 0 aliphatic heterocycles. The van der Waals surface area contributed by atoms with Gasteiger partial charge in [0.05, 0.1) is 27.6 Å². The maximum atomic E-state index is 6.26. The Labute approximate surface area is 157 Å². The fraction of sp³-hybridized carbons (Fsp3) is 0.444. The first-order chi connectivity index (χ1) is 11.4. The zero-order valence-electron chi connectivity index (χ0n) is 13.9. The van der Waals surface area contributed by atoms with Crippen LogP contribution in [-0.2, 0) is 0 Å². The van der Waals surface area contributed by atoms with Gasteiger partial charge in [0.1, 0.15) is 5.03 Å². The Hall–Kier alpha value is -0.810. The van der Waals surface area contributed by atoms with Crippen molar-refractivity contribution >= 4 is 35.0 Å². The Bertz CT molecular complexity index is 739. The van der Waals surface area contributed by atoms with E-state index < -0.39 is 0 Å². The second-order valence-corrected chi connectivity index (χ2v) is 8.58. The Balaban J connectivity index is 1.77. The van der Waals surface area contributed by atoms with E-state index in [1.54, 1.807) is 6.07 Å². The summed E-state index contributed by atoms with van der Waals surface area (Å²) >= 11 is 13.8. The van der Waals surface area contributed by atoms with Crippen LogP contribution in [0.3, 0.4) is 0 Å². The number of halogens is 2. The number of aryl methyl sites for hydroxylation is 1. The summed E-state index contributed by atoms with van der Waals surface area (Å²) in [6, 6.07) is 5.61. The van der Waals surface area contributed by atoms with Crippen LogP contribution in [0.2, 0.25) is 10.0 Å². The highest BCUT2D eigenvalue weighted by Crippen LogP contribution is 2.39. The molecule has 1 fully saturated rings. The molecular formula is C18H21Cl2N3S. The van der Waals surface area contributed by atoms with E-state index in [0.717, 1.165) is 47.0 Å². The molecule has 0 bridgehead atoms. The summed E-state index contributed by atoms with van der Waals surface area (Å²) in [6.07, 6.45) is 6.12. The largest absolute Gasteiger partial charge is 0.325 e. The van der Waals surface area contributed by atoms with Crippen molar-refractivity contribution in [1.29, 1.82) is 0 Å². The normalized spacial score (nSPS) is 24.1. The maximum absolute atomic E-state index is 6.26. The molecule has 24 heavy (non-hydrogen) atoms. The first-order valence-corrected chi connectivity index (χ1v) is 9.67. The Morgan fingerprint density at radius 3 is 2.62 bits per heavy atom. The van der Waals surface area contributed by atoms with Crippen LogP contribution in [0, 0.1) is 6.92 Å². The van der Waals surface area contributed by atoms with Gasteiger partial charge in [-0.3, -0.25) is 4.98 Å². The van der Waals surface area contributed by atoms with E-state index in [2.05, 4.69) is 11.9 Å². The molecule has 1 saturated carbocycles. The van der Waals surface area contributed by atoms with Crippen LogP contribution < -0.4 is 5.73 Å². The summed E-state index contributed by atoms with van der Waals surface area (Å²) in [4.78, 5) is 10.3. The van der Waals surface area contributed by atoms with Gasteiger partial charge in [-0.05, 0) is 51.7 Å². The second-order valence-electron chi connectivity index (χ2n) is 6.77. The minimum atomic E-state index is -0.0297. The molecule has 0 amide bonds. The van der Waals surface area contributed by atoms with Gasteiger partial charge in [-0.15, -0.1) is 0 Å². The van der Waals surface area contributed by atoms with Gasteiger partial charge in [-0.1, -0.05) is 41.0 Å². The van der Waals surface area contributed by atoms with Crippen LogP contribution in [0.5, 0.6) is 0 Å². The minimum absolute atomic E-state index is 0.0297. The molecule has 1 aliphatic carbocycles. The number of rotatable bonds is 3. The highest BCUT2D eigenvalue weighted by molar-refractivity contribution is 7.99. The van der Waals surface area contributed by atoms with Crippen molar-refractivity contribution in [3.63, 3.8) is 0 Å². The number of hydrogen-bond acceptors (Lipinski definition) is 4. The molecule has 2 aromatic rings. The fourth-order valence-electron chi connectivity index (χ4n) is 3.03.